The third-order valence-corrected chi connectivity index (χ3v) is 4.26. The normalized spacial score (nSPS) is 10.9. The first-order chi connectivity index (χ1) is 13.6. The molecule has 0 unspecified atom stereocenters. The predicted molar refractivity (Wildman–Crippen MR) is 100 cm³/mol. The third kappa shape index (κ3) is 3.85. The Labute approximate surface area is 160 Å². The first kappa shape index (κ1) is 17.7. The van der Waals surface area contributed by atoms with Gasteiger partial charge >= 0.3 is 0 Å². The smallest absolute Gasteiger partial charge is 0.292 e. The van der Waals surface area contributed by atoms with E-state index < -0.39 is 5.91 Å². The minimum Gasteiger partial charge on any atom is -0.454 e. The second-order valence-electron chi connectivity index (χ2n) is 6.34. The Morgan fingerprint density at radius 3 is 2.82 bits per heavy atom. The van der Waals surface area contributed by atoms with Crippen molar-refractivity contribution in [2.75, 3.05) is 5.32 Å². The molecule has 0 saturated carbocycles. The lowest BCUT2D eigenvalue weighted by atomic mass is 10.2. The van der Waals surface area contributed by atoms with Gasteiger partial charge in [-0.1, -0.05) is 18.2 Å². The van der Waals surface area contributed by atoms with Crippen molar-refractivity contribution in [3.05, 3.63) is 89.5 Å². The number of aryl methyl sites for hydroxylation is 1. The molecular formula is C20H18FN5O2. The Kier molecular flexibility index (Phi) is 4.76. The van der Waals surface area contributed by atoms with Gasteiger partial charge in [0.2, 0.25) is 0 Å². The number of carbonyl (C=O) groups is 1. The Hall–Kier alpha value is -3.68. The molecule has 0 spiro atoms. The molecule has 3 aromatic heterocycles. The van der Waals surface area contributed by atoms with Gasteiger partial charge in [-0.2, -0.15) is 10.2 Å². The summed E-state index contributed by atoms with van der Waals surface area (Å²) in [5.41, 5.74) is 1.33. The highest BCUT2D eigenvalue weighted by Crippen LogP contribution is 2.16. The SMILES string of the molecule is Cc1cc(NC(=O)c2ccc(Cn3cccn3)o2)nn1Cc1ccccc1F. The molecule has 0 radical (unpaired) electrons. The first-order valence-corrected chi connectivity index (χ1v) is 8.74. The van der Waals surface area contributed by atoms with Crippen LogP contribution in [0.3, 0.4) is 0 Å². The van der Waals surface area contributed by atoms with Crippen LogP contribution in [0.4, 0.5) is 10.2 Å². The van der Waals surface area contributed by atoms with Crippen molar-refractivity contribution >= 4 is 11.7 Å². The molecule has 0 saturated heterocycles. The van der Waals surface area contributed by atoms with Gasteiger partial charge in [0.05, 0.1) is 13.1 Å². The zero-order valence-corrected chi connectivity index (χ0v) is 15.2. The molecule has 8 heteroatoms. The van der Waals surface area contributed by atoms with Crippen molar-refractivity contribution in [2.45, 2.75) is 20.0 Å². The maximum absolute atomic E-state index is 13.9. The lowest BCUT2D eigenvalue weighted by molar-refractivity contribution is 0.0994. The quantitative estimate of drug-likeness (QED) is 0.556. The van der Waals surface area contributed by atoms with Crippen molar-refractivity contribution in [2.24, 2.45) is 0 Å². The Morgan fingerprint density at radius 1 is 1.18 bits per heavy atom. The summed E-state index contributed by atoms with van der Waals surface area (Å²) in [6.45, 7) is 2.57. The number of anilines is 1. The molecule has 0 aliphatic rings. The fourth-order valence-corrected chi connectivity index (χ4v) is 2.84. The Balaban J connectivity index is 1.44. The van der Waals surface area contributed by atoms with E-state index in [-0.39, 0.29) is 18.1 Å². The summed E-state index contributed by atoms with van der Waals surface area (Å²) in [4.78, 5) is 12.4. The average Bonchev–Trinajstić information content (AvgIpc) is 3.40. The molecule has 4 rings (SSSR count). The molecule has 0 aliphatic heterocycles. The van der Waals surface area contributed by atoms with Gasteiger partial charge < -0.3 is 9.73 Å². The largest absolute Gasteiger partial charge is 0.454 e. The van der Waals surface area contributed by atoms with Crippen LogP contribution in [0.2, 0.25) is 0 Å². The summed E-state index contributed by atoms with van der Waals surface area (Å²) in [5.74, 6) is 0.494. The van der Waals surface area contributed by atoms with Gasteiger partial charge in [0.25, 0.3) is 5.91 Å². The van der Waals surface area contributed by atoms with Crippen LogP contribution in [-0.4, -0.2) is 25.5 Å². The number of nitrogens with one attached hydrogen (secondary N) is 1. The molecule has 3 heterocycles. The van der Waals surface area contributed by atoms with E-state index in [9.17, 15) is 9.18 Å². The Morgan fingerprint density at radius 2 is 2.04 bits per heavy atom. The van der Waals surface area contributed by atoms with E-state index in [1.807, 2.05) is 19.2 Å². The van der Waals surface area contributed by atoms with E-state index in [1.165, 1.54) is 6.07 Å². The molecule has 142 valence electrons. The molecule has 1 N–H and O–H groups in total. The molecule has 1 amide bonds. The molecule has 7 nitrogen and oxygen atoms in total. The van der Waals surface area contributed by atoms with Crippen molar-refractivity contribution < 1.29 is 13.6 Å². The van der Waals surface area contributed by atoms with Gasteiger partial charge in [-0.15, -0.1) is 0 Å². The summed E-state index contributed by atoms with van der Waals surface area (Å²) >= 11 is 0. The van der Waals surface area contributed by atoms with E-state index in [4.69, 9.17) is 4.42 Å². The molecule has 0 bridgehead atoms. The highest BCUT2D eigenvalue weighted by atomic mass is 19.1. The van der Waals surface area contributed by atoms with E-state index in [1.54, 1.807) is 52.0 Å². The number of halogens is 1. The summed E-state index contributed by atoms with van der Waals surface area (Å²) in [7, 11) is 0. The van der Waals surface area contributed by atoms with Crippen LogP contribution in [0.5, 0.6) is 0 Å². The Bertz CT molecular complexity index is 1100. The van der Waals surface area contributed by atoms with Crippen LogP contribution < -0.4 is 5.32 Å². The lowest BCUT2D eigenvalue weighted by Gasteiger charge is -2.05. The second kappa shape index (κ2) is 7.51. The number of aromatic nitrogens is 4. The average molecular weight is 379 g/mol. The number of nitrogens with zero attached hydrogens (tertiary/aromatic N) is 4. The summed E-state index contributed by atoms with van der Waals surface area (Å²) in [5, 5.41) is 11.2. The highest BCUT2D eigenvalue weighted by molar-refractivity contribution is 6.01. The minimum atomic E-state index is -0.401. The number of benzene rings is 1. The second-order valence-corrected chi connectivity index (χ2v) is 6.34. The number of hydrogen-bond acceptors (Lipinski definition) is 4. The molecule has 0 atom stereocenters. The van der Waals surface area contributed by atoms with Gasteiger partial charge in [-0.05, 0) is 31.2 Å². The number of rotatable bonds is 6. The predicted octanol–water partition coefficient (Wildman–Crippen LogP) is 3.47. The van der Waals surface area contributed by atoms with Crippen molar-refractivity contribution in [1.29, 1.82) is 0 Å². The maximum Gasteiger partial charge on any atom is 0.292 e. The minimum absolute atomic E-state index is 0.184. The molecule has 0 aliphatic carbocycles. The lowest BCUT2D eigenvalue weighted by Crippen LogP contribution is -2.12. The van der Waals surface area contributed by atoms with Gasteiger partial charge in [-0.25, -0.2) is 4.39 Å². The molecule has 1 aromatic carbocycles. The topological polar surface area (TPSA) is 77.9 Å². The fourth-order valence-electron chi connectivity index (χ4n) is 2.84. The van der Waals surface area contributed by atoms with Crippen LogP contribution >= 0.6 is 0 Å². The zero-order chi connectivity index (χ0) is 19.5. The van der Waals surface area contributed by atoms with Crippen LogP contribution in [0.1, 0.15) is 27.6 Å². The molecule has 0 fully saturated rings. The van der Waals surface area contributed by atoms with Crippen molar-refractivity contribution in [3.63, 3.8) is 0 Å². The number of hydrogen-bond donors (Lipinski definition) is 1. The summed E-state index contributed by atoms with van der Waals surface area (Å²) in [6.07, 6.45) is 3.49. The fraction of sp³-hybridized carbons (Fsp3) is 0.150. The third-order valence-electron chi connectivity index (χ3n) is 4.26. The summed E-state index contributed by atoms with van der Waals surface area (Å²) < 4.78 is 22.8. The zero-order valence-electron chi connectivity index (χ0n) is 15.2. The van der Waals surface area contributed by atoms with Gasteiger partial charge in [0.15, 0.2) is 11.6 Å². The van der Waals surface area contributed by atoms with Gasteiger partial charge in [0, 0.05) is 29.7 Å². The maximum atomic E-state index is 13.9. The standard InChI is InChI=1S/C20H18FN5O2/c1-14-11-19(24-26(14)12-15-5-2-3-6-17(15)21)23-20(27)18-8-7-16(28-18)13-25-10-4-9-22-25/h2-11H,12-13H2,1H3,(H,23,24,27). The van der Waals surface area contributed by atoms with Gasteiger partial charge in [0.1, 0.15) is 11.6 Å². The number of amides is 1. The monoisotopic (exact) mass is 379 g/mol. The van der Waals surface area contributed by atoms with Crippen LogP contribution in [0.25, 0.3) is 0 Å². The van der Waals surface area contributed by atoms with E-state index >= 15 is 0 Å². The highest BCUT2D eigenvalue weighted by Gasteiger charge is 2.15. The first-order valence-electron chi connectivity index (χ1n) is 8.74. The van der Waals surface area contributed by atoms with Gasteiger partial charge in [-0.3, -0.25) is 14.2 Å². The van der Waals surface area contributed by atoms with E-state index in [0.29, 0.717) is 23.7 Å². The molecular weight excluding hydrogens is 361 g/mol. The van der Waals surface area contributed by atoms with Crippen LogP contribution in [-0.2, 0) is 13.1 Å². The molecule has 28 heavy (non-hydrogen) atoms. The summed E-state index contributed by atoms with van der Waals surface area (Å²) in [6, 6.07) is 13.4. The molecule has 4 aromatic rings. The van der Waals surface area contributed by atoms with E-state index in [0.717, 1.165) is 5.69 Å². The van der Waals surface area contributed by atoms with Crippen molar-refractivity contribution in [1.82, 2.24) is 19.6 Å². The number of carbonyl (C=O) groups excluding carboxylic acids is 1. The van der Waals surface area contributed by atoms with Crippen LogP contribution in [0.15, 0.2) is 65.3 Å². The van der Waals surface area contributed by atoms with Crippen LogP contribution in [0, 0.1) is 12.7 Å². The van der Waals surface area contributed by atoms with Crippen molar-refractivity contribution in [3.8, 4) is 0 Å². The number of furan rings is 1. The van der Waals surface area contributed by atoms with E-state index in [2.05, 4.69) is 15.5 Å².